The van der Waals surface area contributed by atoms with Crippen LogP contribution in [0.4, 0.5) is 0 Å². The summed E-state index contributed by atoms with van der Waals surface area (Å²) in [5.41, 5.74) is 1.38. The molecular weight excluding hydrogens is 288 g/mol. The Morgan fingerprint density at radius 2 is 1.81 bits per heavy atom. The fraction of sp³-hybridized carbons (Fsp3) is 0.562. The molecule has 1 N–H and O–H groups in total. The topological polar surface area (TPSA) is 41.6 Å². The van der Waals surface area contributed by atoms with Crippen LogP contribution in [0.1, 0.15) is 26.3 Å². The van der Waals surface area contributed by atoms with E-state index < -0.39 is 0 Å². The molecule has 0 saturated carbocycles. The van der Waals surface area contributed by atoms with E-state index in [0.717, 1.165) is 12.3 Å². The van der Waals surface area contributed by atoms with Crippen molar-refractivity contribution in [3.63, 3.8) is 0 Å². The molecule has 5 heteroatoms. The van der Waals surface area contributed by atoms with E-state index in [2.05, 4.69) is 26.1 Å². The van der Waals surface area contributed by atoms with E-state index in [1.807, 2.05) is 31.3 Å². The number of carbonyl (C=O) groups excluding carboxylic acids is 1. The van der Waals surface area contributed by atoms with Crippen molar-refractivity contribution in [2.45, 2.75) is 26.2 Å². The Kier molecular flexibility index (Phi) is 8.37. The summed E-state index contributed by atoms with van der Waals surface area (Å²) in [5, 5.41) is 3.01. The van der Waals surface area contributed by atoms with E-state index in [-0.39, 0.29) is 30.3 Å². The van der Waals surface area contributed by atoms with Crippen molar-refractivity contribution in [2.75, 3.05) is 33.8 Å². The lowest BCUT2D eigenvalue weighted by molar-refractivity contribution is -0.131. The molecule has 1 amide bonds. The number of likely N-dealkylation sites (N-methyl/N-ethyl adjacent to an activating group) is 2. The molecule has 0 unspecified atom stereocenters. The fourth-order valence-corrected chi connectivity index (χ4v) is 1.71. The van der Waals surface area contributed by atoms with Gasteiger partial charge >= 0.3 is 0 Å². The van der Waals surface area contributed by atoms with Crippen molar-refractivity contribution in [3.8, 4) is 5.75 Å². The van der Waals surface area contributed by atoms with Crippen LogP contribution in [0.25, 0.3) is 0 Å². The number of hydrogen-bond acceptors (Lipinski definition) is 3. The standard InChI is InChI=1S/C16H26N2O2.ClH/c1-16(2,3)13-6-8-14(9-7-13)20-12-15(19)18(5)11-10-17-4;/h6-9,17H,10-12H2,1-5H3;1H. The predicted octanol–water partition coefficient (Wildman–Crippen LogP) is 2.46. The number of amides is 1. The Balaban J connectivity index is 0.00000400. The summed E-state index contributed by atoms with van der Waals surface area (Å²) in [6.07, 6.45) is 0. The quantitative estimate of drug-likeness (QED) is 0.877. The molecule has 0 saturated heterocycles. The van der Waals surface area contributed by atoms with Gasteiger partial charge in [0.1, 0.15) is 5.75 Å². The van der Waals surface area contributed by atoms with Crippen LogP contribution in [0.3, 0.4) is 0 Å². The maximum atomic E-state index is 11.8. The minimum atomic E-state index is -0.0138. The lowest BCUT2D eigenvalue weighted by Gasteiger charge is -2.20. The summed E-state index contributed by atoms with van der Waals surface area (Å²) in [5.74, 6) is 0.716. The molecule has 0 heterocycles. The molecule has 1 rings (SSSR count). The highest BCUT2D eigenvalue weighted by Gasteiger charge is 2.13. The molecule has 0 radical (unpaired) electrons. The summed E-state index contributed by atoms with van der Waals surface area (Å²) in [4.78, 5) is 13.5. The van der Waals surface area contributed by atoms with Crippen LogP contribution in [-0.4, -0.2) is 44.6 Å². The third-order valence-electron chi connectivity index (χ3n) is 3.21. The Hall–Kier alpha value is -1.26. The van der Waals surface area contributed by atoms with Crippen LogP contribution in [0, 0.1) is 0 Å². The number of nitrogens with zero attached hydrogens (tertiary/aromatic N) is 1. The first-order valence-electron chi connectivity index (χ1n) is 6.96. The molecule has 21 heavy (non-hydrogen) atoms. The second-order valence-electron chi connectivity index (χ2n) is 5.98. The zero-order valence-electron chi connectivity index (χ0n) is 13.6. The molecule has 0 aromatic heterocycles. The summed E-state index contributed by atoms with van der Waals surface area (Å²) in [6, 6.07) is 7.93. The van der Waals surface area contributed by atoms with Crippen LogP contribution in [-0.2, 0) is 10.2 Å². The van der Waals surface area contributed by atoms with Gasteiger partial charge in [0.05, 0.1) is 0 Å². The van der Waals surface area contributed by atoms with Crippen molar-refractivity contribution in [3.05, 3.63) is 29.8 Å². The highest BCUT2D eigenvalue weighted by molar-refractivity contribution is 5.85. The van der Waals surface area contributed by atoms with E-state index in [1.54, 1.807) is 11.9 Å². The van der Waals surface area contributed by atoms with Gasteiger partial charge in [0.15, 0.2) is 6.61 Å². The van der Waals surface area contributed by atoms with Crippen molar-refractivity contribution < 1.29 is 9.53 Å². The van der Waals surface area contributed by atoms with Gasteiger partial charge in [-0.3, -0.25) is 4.79 Å². The van der Waals surface area contributed by atoms with Gasteiger partial charge in [-0.15, -0.1) is 12.4 Å². The summed E-state index contributed by atoms with van der Waals surface area (Å²) < 4.78 is 5.52. The Bertz CT molecular complexity index is 427. The minimum absolute atomic E-state index is 0. The SMILES string of the molecule is CNCCN(C)C(=O)COc1ccc(C(C)(C)C)cc1.Cl. The smallest absolute Gasteiger partial charge is 0.260 e. The molecule has 0 atom stereocenters. The number of rotatable bonds is 6. The van der Waals surface area contributed by atoms with Gasteiger partial charge in [0, 0.05) is 20.1 Å². The van der Waals surface area contributed by atoms with Crippen LogP contribution >= 0.6 is 12.4 Å². The molecule has 1 aromatic rings. The number of halogens is 1. The number of benzene rings is 1. The van der Waals surface area contributed by atoms with Gasteiger partial charge in [-0.25, -0.2) is 0 Å². The zero-order valence-corrected chi connectivity index (χ0v) is 14.4. The van der Waals surface area contributed by atoms with E-state index in [9.17, 15) is 4.79 Å². The van der Waals surface area contributed by atoms with Crippen LogP contribution in [0.15, 0.2) is 24.3 Å². The molecule has 0 fully saturated rings. The van der Waals surface area contributed by atoms with Gasteiger partial charge in [-0.2, -0.15) is 0 Å². The van der Waals surface area contributed by atoms with E-state index in [4.69, 9.17) is 4.74 Å². The lowest BCUT2D eigenvalue weighted by Crippen LogP contribution is -2.35. The van der Waals surface area contributed by atoms with E-state index >= 15 is 0 Å². The molecule has 120 valence electrons. The summed E-state index contributed by atoms with van der Waals surface area (Å²) in [6.45, 7) is 8.05. The Morgan fingerprint density at radius 1 is 1.24 bits per heavy atom. The molecule has 0 aliphatic heterocycles. The number of carbonyl (C=O) groups is 1. The first-order valence-corrected chi connectivity index (χ1v) is 6.96. The van der Waals surface area contributed by atoms with Crippen LogP contribution < -0.4 is 10.1 Å². The molecule has 0 bridgehead atoms. The minimum Gasteiger partial charge on any atom is -0.484 e. The number of nitrogens with one attached hydrogen (secondary N) is 1. The van der Waals surface area contributed by atoms with Gasteiger partial charge in [-0.1, -0.05) is 32.9 Å². The molecule has 0 spiro atoms. The van der Waals surface area contributed by atoms with Crippen molar-refractivity contribution in [2.24, 2.45) is 0 Å². The first kappa shape index (κ1) is 19.7. The Morgan fingerprint density at radius 3 is 2.29 bits per heavy atom. The normalized spacial score (nSPS) is 10.7. The molecule has 1 aromatic carbocycles. The van der Waals surface area contributed by atoms with E-state index in [1.165, 1.54) is 5.56 Å². The van der Waals surface area contributed by atoms with Crippen molar-refractivity contribution >= 4 is 18.3 Å². The maximum Gasteiger partial charge on any atom is 0.260 e. The van der Waals surface area contributed by atoms with Crippen molar-refractivity contribution in [1.82, 2.24) is 10.2 Å². The third-order valence-corrected chi connectivity index (χ3v) is 3.21. The lowest BCUT2D eigenvalue weighted by atomic mass is 9.87. The third kappa shape index (κ3) is 6.82. The van der Waals surface area contributed by atoms with Crippen LogP contribution in [0.5, 0.6) is 5.75 Å². The highest BCUT2D eigenvalue weighted by Crippen LogP contribution is 2.24. The van der Waals surface area contributed by atoms with Gasteiger partial charge < -0.3 is 15.0 Å². The average Bonchev–Trinajstić information content (AvgIpc) is 2.41. The maximum absolute atomic E-state index is 11.8. The second kappa shape index (κ2) is 8.90. The Labute approximate surface area is 134 Å². The largest absolute Gasteiger partial charge is 0.484 e. The monoisotopic (exact) mass is 314 g/mol. The molecule has 0 aliphatic carbocycles. The summed E-state index contributed by atoms with van der Waals surface area (Å²) >= 11 is 0. The zero-order chi connectivity index (χ0) is 15.2. The van der Waals surface area contributed by atoms with E-state index in [0.29, 0.717) is 6.54 Å². The predicted molar refractivity (Wildman–Crippen MR) is 89.4 cm³/mol. The number of ether oxygens (including phenoxy) is 1. The van der Waals surface area contributed by atoms with Crippen LogP contribution in [0.2, 0.25) is 0 Å². The van der Waals surface area contributed by atoms with Gasteiger partial charge in [0.2, 0.25) is 0 Å². The molecular formula is C16H27ClN2O2. The average molecular weight is 315 g/mol. The summed E-state index contributed by atoms with van der Waals surface area (Å²) in [7, 11) is 3.65. The fourth-order valence-electron chi connectivity index (χ4n) is 1.71. The first-order chi connectivity index (χ1) is 9.34. The van der Waals surface area contributed by atoms with Gasteiger partial charge in [-0.05, 0) is 30.2 Å². The second-order valence-corrected chi connectivity index (χ2v) is 5.98. The molecule has 4 nitrogen and oxygen atoms in total. The van der Waals surface area contributed by atoms with Crippen molar-refractivity contribution in [1.29, 1.82) is 0 Å². The highest BCUT2D eigenvalue weighted by atomic mass is 35.5. The van der Waals surface area contributed by atoms with Gasteiger partial charge in [0.25, 0.3) is 5.91 Å². The number of hydrogen-bond donors (Lipinski definition) is 1. The molecule has 0 aliphatic rings.